The molecule has 0 spiro atoms. The molecular formula is C12H15Cl3NO5P. The van der Waals surface area contributed by atoms with Gasteiger partial charge in [0.1, 0.15) is 5.76 Å². The summed E-state index contributed by atoms with van der Waals surface area (Å²) in [6.07, 6.45) is 2.74. The van der Waals surface area contributed by atoms with E-state index < -0.39 is 23.1 Å². The summed E-state index contributed by atoms with van der Waals surface area (Å²) in [7, 11) is -1.43. The van der Waals surface area contributed by atoms with E-state index in [2.05, 4.69) is 6.58 Å². The molecule has 0 aliphatic heterocycles. The third-order valence-electron chi connectivity index (χ3n) is 2.73. The summed E-state index contributed by atoms with van der Waals surface area (Å²) in [5.41, 5.74) is 0. The molecule has 1 aromatic heterocycles. The normalized spacial score (nSPS) is 13.7. The van der Waals surface area contributed by atoms with Crippen molar-refractivity contribution in [2.45, 2.75) is 9.58 Å². The zero-order chi connectivity index (χ0) is 17.0. The van der Waals surface area contributed by atoms with Crippen molar-refractivity contribution in [3.63, 3.8) is 0 Å². The monoisotopic (exact) mass is 389 g/mol. The van der Waals surface area contributed by atoms with E-state index >= 15 is 0 Å². The highest BCUT2D eigenvalue weighted by molar-refractivity contribution is 7.54. The summed E-state index contributed by atoms with van der Waals surface area (Å²) < 4.78 is 25.8. The molecule has 6 nitrogen and oxygen atoms in total. The lowest BCUT2D eigenvalue weighted by molar-refractivity contribution is -0.131. The summed E-state index contributed by atoms with van der Waals surface area (Å²) in [5, 5.41) is 0. The Morgan fingerprint density at radius 2 is 2.09 bits per heavy atom. The molecule has 0 aliphatic rings. The Morgan fingerprint density at radius 3 is 2.45 bits per heavy atom. The lowest BCUT2D eigenvalue weighted by atomic mass is 10.3. The third-order valence-corrected chi connectivity index (χ3v) is 5.37. The van der Waals surface area contributed by atoms with Gasteiger partial charge in [-0.2, -0.15) is 0 Å². The summed E-state index contributed by atoms with van der Waals surface area (Å²) in [6.45, 7) is 3.48. The van der Waals surface area contributed by atoms with Gasteiger partial charge in [-0.3, -0.25) is 9.36 Å². The molecule has 10 heteroatoms. The van der Waals surface area contributed by atoms with Crippen LogP contribution in [0.4, 0.5) is 0 Å². The topological polar surface area (TPSA) is 69.0 Å². The second-order valence-electron chi connectivity index (χ2n) is 4.04. The van der Waals surface area contributed by atoms with Crippen LogP contribution < -0.4 is 0 Å². The lowest BCUT2D eigenvalue weighted by Crippen LogP contribution is -2.42. The number of hydrogen-bond donors (Lipinski definition) is 0. The van der Waals surface area contributed by atoms with Crippen molar-refractivity contribution in [2.75, 3.05) is 20.8 Å². The van der Waals surface area contributed by atoms with E-state index in [0.717, 1.165) is 4.90 Å². The molecule has 0 saturated heterocycles. The molecule has 1 atom stereocenters. The average Bonchev–Trinajstić information content (AvgIpc) is 2.98. The molecule has 0 N–H and O–H groups in total. The van der Waals surface area contributed by atoms with Gasteiger partial charge in [-0.15, -0.1) is 6.58 Å². The summed E-state index contributed by atoms with van der Waals surface area (Å²) in [5.74, 6) is -1.97. The molecule has 22 heavy (non-hydrogen) atoms. The number of nitrogens with zero attached hydrogens (tertiary/aromatic N) is 1. The van der Waals surface area contributed by atoms with Crippen molar-refractivity contribution in [1.29, 1.82) is 0 Å². The zero-order valence-corrected chi connectivity index (χ0v) is 15.0. The van der Waals surface area contributed by atoms with Gasteiger partial charge in [-0.05, 0) is 12.1 Å². The molecule has 1 unspecified atom stereocenters. The highest BCUT2D eigenvalue weighted by Gasteiger charge is 2.48. The molecule has 1 amide bonds. The van der Waals surface area contributed by atoms with E-state index in [4.69, 9.17) is 48.3 Å². The standard InChI is InChI=1S/C12H15Cl3NO5P/c1-4-7-16(11(17)12(13,14)15)10(9-6-5-8-21-9)22(18,19-2)20-3/h4-6,8,10H,1,7H2,2-3H3. The molecule has 0 bridgehead atoms. The van der Waals surface area contributed by atoms with Gasteiger partial charge in [0.25, 0.3) is 9.70 Å². The second kappa shape index (κ2) is 7.86. The molecule has 1 aromatic rings. The van der Waals surface area contributed by atoms with Crippen LogP contribution in [0.5, 0.6) is 0 Å². The van der Waals surface area contributed by atoms with E-state index in [9.17, 15) is 9.36 Å². The second-order valence-corrected chi connectivity index (χ2v) is 8.62. The van der Waals surface area contributed by atoms with Crippen LogP contribution in [0.25, 0.3) is 0 Å². The predicted molar refractivity (Wildman–Crippen MR) is 85.3 cm³/mol. The number of carbonyl (C=O) groups is 1. The summed E-state index contributed by atoms with van der Waals surface area (Å²) >= 11 is 17.0. The lowest BCUT2D eigenvalue weighted by Gasteiger charge is -2.34. The smallest absolute Gasteiger partial charge is 0.360 e. The van der Waals surface area contributed by atoms with Crippen molar-refractivity contribution >= 4 is 48.3 Å². The quantitative estimate of drug-likeness (QED) is 0.397. The van der Waals surface area contributed by atoms with Crippen LogP contribution in [0.1, 0.15) is 11.5 Å². The van der Waals surface area contributed by atoms with Crippen LogP contribution in [-0.4, -0.2) is 35.4 Å². The SMILES string of the molecule is C=CCN(C(=O)C(Cl)(Cl)Cl)C(c1ccco1)P(=O)(OC)OC. The minimum atomic E-state index is -3.80. The maximum absolute atomic E-state index is 12.8. The Balaban J connectivity index is 3.42. The number of carbonyl (C=O) groups excluding carboxylic acids is 1. The molecule has 0 radical (unpaired) electrons. The van der Waals surface area contributed by atoms with E-state index in [0.29, 0.717) is 0 Å². The highest BCUT2D eigenvalue weighted by atomic mass is 35.6. The van der Waals surface area contributed by atoms with Crippen molar-refractivity contribution in [1.82, 2.24) is 4.90 Å². The largest absolute Gasteiger partial charge is 0.466 e. The molecule has 0 saturated carbocycles. The van der Waals surface area contributed by atoms with Gasteiger partial charge in [0.05, 0.1) is 6.26 Å². The van der Waals surface area contributed by atoms with Crippen LogP contribution in [-0.2, 0) is 18.4 Å². The molecule has 0 aliphatic carbocycles. The van der Waals surface area contributed by atoms with Gasteiger partial charge in [0.2, 0.25) is 0 Å². The van der Waals surface area contributed by atoms with Crippen LogP contribution in [0.15, 0.2) is 35.5 Å². The van der Waals surface area contributed by atoms with Crippen LogP contribution in [0.2, 0.25) is 0 Å². The van der Waals surface area contributed by atoms with E-state index in [1.165, 1.54) is 32.6 Å². The molecule has 1 heterocycles. The molecule has 124 valence electrons. The van der Waals surface area contributed by atoms with Crippen molar-refractivity contribution < 1.29 is 22.8 Å². The first kappa shape index (κ1) is 19.6. The van der Waals surface area contributed by atoms with Gasteiger partial charge in [-0.25, -0.2) is 0 Å². The van der Waals surface area contributed by atoms with Gasteiger partial charge < -0.3 is 18.4 Å². The van der Waals surface area contributed by atoms with Crippen LogP contribution in [0, 0.1) is 0 Å². The van der Waals surface area contributed by atoms with Gasteiger partial charge >= 0.3 is 7.60 Å². The van der Waals surface area contributed by atoms with Crippen LogP contribution in [0.3, 0.4) is 0 Å². The van der Waals surface area contributed by atoms with E-state index in [1.54, 1.807) is 6.07 Å². The summed E-state index contributed by atoms with van der Waals surface area (Å²) in [6, 6.07) is 3.07. The molecule has 0 fully saturated rings. The van der Waals surface area contributed by atoms with Crippen LogP contribution >= 0.6 is 42.4 Å². The highest BCUT2D eigenvalue weighted by Crippen LogP contribution is 2.61. The maximum Gasteiger partial charge on any atom is 0.360 e. The Hall–Kier alpha value is -0.490. The van der Waals surface area contributed by atoms with E-state index in [1.807, 2.05) is 0 Å². The first-order valence-electron chi connectivity index (χ1n) is 5.94. The Kier molecular flexibility index (Phi) is 6.99. The fourth-order valence-corrected chi connectivity index (χ4v) is 3.66. The fraction of sp³-hybridized carbons (Fsp3) is 0.417. The average molecular weight is 391 g/mol. The molecular weight excluding hydrogens is 375 g/mol. The van der Waals surface area contributed by atoms with Gasteiger partial charge in [0, 0.05) is 20.8 Å². The zero-order valence-electron chi connectivity index (χ0n) is 11.9. The molecule has 1 rings (SSSR count). The minimum Gasteiger partial charge on any atom is -0.466 e. The summed E-state index contributed by atoms with van der Waals surface area (Å²) in [4.78, 5) is 13.4. The van der Waals surface area contributed by atoms with Crippen molar-refractivity contribution in [3.05, 3.63) is 36.8 Å². The molecule has 0 aromatic carbocycles. The Labute approximate surface area is 143 Å². The van der Waals surface area contributed by atoms with Crippen molar-refractivity contribution in [2.24, 2.45) is 0 Å². The Bertz CT molecular complexity index is 550. The Morgan fingerprint density at radius 1 is 1.50 bits per heavy atom. The number of halogens is 3. The number of furan rings is 1. The first-order valence-corrected chi connectivity index (χ1v) is 8.69. The number of hydrogen-bond acceptors (Lipinski definition) is 5. The van der Waals surface area contributed by atoms with E-state index in [-0.39, 0.29) is 12.3 Å². The third kappa shape index (κ3) is 4.28. The maximum atomic E-state index is 12.8. The predicted octanol–water partition coefficient (Wildman–Crippen LogP) is 4.15. The number of amides is 1. The number of rotatable bonds is 7. The van der Waals surface area contributed by atoms with Gasteiger partial charge in [-0.1, -0.05) is 40.9 Å². The minimum absolute atomic E-state index is 0.0607. The van der Waals surface area contributed by atoms with Gasteiger partial charge in [0.15, 0.2) is 5.78 Å². The fourth-order valence-electron chi connectivity index (χ4n) is 1.79. The first-order chi connectivity index (χ1) is 10.2. The van der Waals surface area contributed by atoms with Crippen molar-refractivity contribution in [3.8, 4) is 0 Å². The number of alkyl halides is 3.